The van der Waals surface area contributed by atoms with Gasteiger partial charge in [-0.05, 0) is 60.9 Å². The summed E-state index contributed by atoms with van der Waals surface area (Å²) in [6, 6.07) is 13.1. The van der Waals surface area contributed by atoms with Crippen molar-refractivity contribution in [2.75, 3.05) is 24.9 Å². The fourth-order valence-electron chi connectivity index (χ4n) is 3.20. The highest BCUT2D eigenvalue weighted by molar-refractivity contribution is 7.92. The largest absolute Gasteiger partial charge is 0.497 e. The zero-order valence-corrected chi connectivity index (χ0v) is 17.3. The number of nitrogens with one attached hydrogen (secondary N) is 1. The van der Waals surface area contributed by atoms with Gasteiger partial charge in [0.25, 0.3) is 10.0 Å². The molecule has 3 rings (SSSR count). The Hall–Kier alpha value is -2.80. The Bertz CT molecular complexity index is 943. The van der Waals surface area contributed by atoms with Crippen LogP contribution in [0.15, 0.2) is 59.5 Å². The molecule has 2 aromatic rings. The number of nitrogens with zero attached hydrogens (tertiary/aromatic N) is 1. The maximum absolute atomic E-state index is 12.6. The molecule has 1 saturated heterocycles. The predicted molar refractivity (Wildman–Crippen MR) is 114 cm³/mol. The number of anilines is 1. The zero-order chi connectivity index (χ0) is 20.7. The summed E-state index contributed by atoms with van der Waals surface area (Å²) in [6.45, 7) is 1.61. The molecule has 0 bridgehead atoms. The van der Waals surface area contributed by atoms with Crippen LogP contribution >= 0.6 is 0 Å². The number of amides is 1. The Kier molecular flexibility index (Phi) is 6.93. The van der Waals surface area contributed by atoms with Crippen LogP contribution in [-0.4, -0.2) is 39.4 Å². The summed E-state index contributed by atoms with van der Waals surface area (Å²) in [7, 11) is -2.14. The lowest BCUT2D eigenvalue weighted by Crippen LogP contribution is -2.30. The minimum absolute atomic E-state index is 0.00442. The van der Waals surface area contributed by atoms with E-state index < -0.39 is 10.0 Å². The molecule has 0 aliphatic carbocycles. The number of sulfonamides is 1. The molecule has 7 heteroatoms. The van der Waals surface area contributed by atoms with E-state index in [1.165, 1.54) is 25.0 Å². The van der Waals surface area contributed by atoms with Crippen LogP contribution < -0.4 is 9.46 Å². The van der Waals surface area contributed by atoms with Gasteiger partial charge in [-0.2, -0.15) is 0 Å². The second-order valence-electron chi connectivity index (χ2n) is 6.98. The third-order valence-electron chi connectivity index (χ3n) is 4.87. The van der Waals surface area contributed by atoms with Crippen molar-refractivity contribution in [1.82, 2.24) is 4.90 Å². The van der Waals surface area contributed by atoms with Crippen LogP contribution in [0.4, 0.5) is 5.69 Å². The molecule has 0 aromatic heterocycles. The van der Waals surface area contributed by atoms with Gasteiger partial charge in [0, 0.05) is 24.9 Å². The number of carbonyl (C=O) groups excluding carboxylic acids is 1. The molecule has 0 saturated carbocycles. The highest BCUT2D eigenvalue weighted by Gasteiger charge is 2.15. The molecule has 1 aliphatic rings. The summed E-state index contributed by atoms with van der Waals surface area (Å²) in [6.07, 6.45) is 7.73. The van der Waals surface area contributed by atoms with Gasteiger partial charge in [0.1, 0.15) is 5.75 Å². The maximum Gasteiger partial charge on any atom is 0.261 e. The average Bonchev–Trinajstić information content (AvgIpc) is 3.02. The van der Waals surface area contributed by atoms with E-state index in [4.69, 9.17) is 4.74 Å². The molecule has 0 unspecified atom stereocenters. The standard InChI is InChI=1S/C22H26N2O4S/c1-28-20-11-9-19(10-12-20)23-29(26,27)21-13-6-18(7-14-21)8-15-22(25)24-16-4-2-3-5-17-24/h6-15,23H,2-5,16-17H2,1H3. The Morgan fingerprint density at radius 1 is 0.966 bits per heavy atom. The summed E-state index contributed by atoms with van der Waals surface area (Å²) in [4.78, 5) is 14.4. The van der Waals surface area contributed by atoms with Crippen molar-refractivity contribution in [2.24, 2.45) is 0 Å². The first-order valence-electron chi connectivity index (χ1n) is 9.72. The Morgan fingerprint density at radius 3 is 2.17 bits per heavy atom. The van der Waals surface area contributed by atoms with E-state index in [1.807, 2.05) is 4.90 Å². The van der Waals surface area contributed by atoms with E-state index in [0.717, 1.165) is 31.5 Å². The lowest BCUT2D eigenvalue weighted by Gasteiger charge is -2.17. The van der Waals surface area contributed by atoms with E-state index >= 15 is 0 Å². The highest BCUT2D eigenvalue weighted by Crippen LogP contribution is 2.20. The van der Waals surface area contributed by atoms with Gasteiger partial charge in [-0.25, -0.2) is 8.42 Å². The highest BCUT2D eigenvalue weighted by atomic mass is 32.2. The van der Waals surface area contributed by atoms with Gasteiger partial charge >= 0.3 is 0 Å². The molecular formula is C22H26N2O4S. The number of hydrogen-bond donors (Lipinski definition) is 1. The number of benzene rings is 2. The Morgan fingerprint density at radius 2 is 1.59 bits per heavy atom. The second kappa shape index (κ2) is 9.60. The fourth-order valence-corrected chi connectivity index (χ4v) is 4.25. The van der Waals surface area contributed by atoms with Gasteiger partial charge < -0.3 is 9.64 Å². The number of carbonyl (C=O) groups is 1. The minimum atomic E-state index is -3.69. The smallest absolute Gasteiger partial charge is 0.261 e. The second-order valence-corrected chi connectivity index (χ2v) is 8.66. The molecular weight excluding hydrogens is 388 g/mol. The molecule has 6 nitrogen and oxygen atoms in total. The van der Waals surface area contributed by atoms with Crippen LogP contribution in [0.25, 0.3) is 6.08 Å². The predicted octanol–water partition coefficient (Wildman–Crippen LogP) is 3.91. The number of hydrogen-bond acceptors (Lipinski definition) is 4. The zero-order valence-electron chi connectivity index (χ0n) is 16.5. The monoisotopic (exact) mass is 414 g/mol. The molecule has 1 amide bonds. The molecule has 1 aliphatic heterocycles. The molecule has 0 spiro atoms. The molecule has 1 fully saturated rings. The van der Waals surface area contributed by atoms with Crippen molar-refractivity contribution in [3.05, 3.63) is 60.2 Å². The van der Waals surface area contributed by atoms with Crippen LogP contribution in [0.2, 0.25) is 0 Å². The molecule has 0 radical (unpaired) electrons. The summed E-state index contributed by atoms with van der Waals surface area (Å²) in [5, 5.41) is 0. The van der Waals surface area contributed by atoms with Crippen LogP contribution in [0.5, 0.6) is 5.75 Å². The molecule has 2 aromatic carbocycles. The van der Waals surface area contributed by atoms with E-state index in [2.05, 4.69) is 4.72 Å². The van der Waals surface area contributed by atoms with Crippen molar-refractivity contribution >= 4 is 27.7 Å². The number of likely N-dealkylation sites (tertiary alicyclic amines) is 1. The van der Waals surface area contributed by atoms with Crippen molar-refractivity contribution < 1.29 is 17.9 Å². The van der Waals surface area contributed by atoms with Crippen molar-refractivity contribution in [1.29, 1.82) is 0 Å². The summed E-state index contributed by atoms with van der Waals surface area (Å²) in [5.41, 5.74) is 1.23. The van der Waals surface area contributed by atoms with Crippen molar-refractivity contribution in [3.8, 4) is 5.75 Å². The quantitative estimate of drug-likeness (QED) is 0.727. The fraction of sp³-hybridized carbons (Fsp3) is 0.318. The molecule has 1 heterocycles. The van der Waals surface area contributed by atoms with Gasteiger partial charge in [0.15, 0.2) is 0 Å². The third kappa shape index (κ3) is 5.84. The molecule has 154 valence electrons. The van der Waals surface area contributed by atoms with E-state index in [0.29, 0.717) is 11.4 Å². The van der Waals surface area contributed by atoms with Crippen LogP contribution in [0.3, 0.4) is 0 Å². The Balaban J connectivity index is 1.64. The molecule has 1 N–H and O–H groups in total. The summed E-state index contributed by atoms with van der Waals surface area (Å²) < 4.78 is 32.7. The normalized spacial score (nSPS) is 15.1. The van der Waals surface area contributed by atoms with Crippen LogP contribution in [0.1, 0.15) is 31.2 Å². The van der Waals surface area contributed by atoms with E-state index in [9.17, 15) is 13.2 Å². The first-order valence-corrected chi connectivity index (χ1v) is 11.2. The van der Waals surface area contributed by atoms with Gasteiger partial charge in [0.2, 0.25) is 5.91 Å². The van der Waals surface area contributed by atoms with Gasteiger partial charge in [-0.15, -0.1) is 0 Å². The SMILES string of the molecule is COc1ccc(NS(=O)(=O)c2ccc(C=CC(=O)N3CCCCCC3)cc2)cc1. The minimum Gasteiger partial charge on any atom is -0.497 e. The van der Waals surface area contributed by atoms with E-state index in [-0.39, 0.29) is 10.8 Å². The van der Waals surface area contributed by atoms with Crippen molar-refractivity contribution in [2.45, 2.75) is 30.6 Å². The topological polar surface area (TPSA) is 75.7 Å². The van der Waals surface area contributed by atoms with Crippen molar-refractivity contribution in [3.63, 3.8) is 0 Å². The summed E-state index contributed by atoms with van der Waals surface area (Å²) in [5.74, 6) is 0.656. The number of rotatable bonds is 6. The van der Waals surface area contributed by atoms with Gasteiger partial charge in [0.05, 0.1) is 12.0 Å². The third-order valence-corrected chi connectivity index (χ3v) is 6.27. The first kappa shape index (κ1) is 20.9. The maximum atomic E-state index is 12.6. The van der Waals surface area contributed by atoms with Gasteiger partial charge in [-0.3, -0.25) is 9.52 Å². The Labute approximate surface area is 172 Å². The van der Waals surface area contributed by atoms with Gasteiger partial charge in [-0.1, -0.05) is 25.0 Å². The number of ether oxygens (including phenoxy) is 1. The van der Waals surface area contributed by atoms with E-state index in [1.54, 1.807) is 55.7 Å². The first-order chi connectivity index (χ1) is 14.0. The van der Waals surface area contributed by atoms with Crippen LogP contribution in [0, 0.1) is 0 Å². The van der Waals surface area contributed by atoms with Crippen LogP contribution in [-0.2, 0) is 14.8 Å². The average molecular weight is 415 g/mol. The summed E-state index contributed by atoms with van der Waals surface area (Å²) >= 11 is 0. The lowest BCUT2D eigenvalue weighted by molar-refractivity contribution is -0.125. The molecule has 0 atom stereocenters. The lowest BCUT2D eigenvalue weighted by atomic mass is 10.2. The number of methoxy groups -OCH3 is 1. The molecule has 29 heavy (non-hydrogen) atoms.